The molecule has 3 aromatic rings. The zero-order chi connectivity index (χ0) is 19.6. The van der Waals surface area contributed by atoms with E-state index >= 15 is 0 Å². The Morgan fingerprint density at radius 3 is 2.26 bits per heavy atom. The molecule has 1 N–H and O–H groups in total. The summed E-state index contributed by atoms with van der Waals surface area (Å²) in [5.41, 5.74) is 3.77. The zero-order valence-corrected chi connectivity index (χ0v) is 15.7. The quantitative estimate of drug-likeness (QED) is 0.771. The number of rotatable bonds is 4. The van der Waals surface area contributed by atoms with E-state index < -0.39 is 5.91 Å². The average molecular weight is 363 g/mol. The van der Waals surface area contributed by atoms with Crippen LogP contribution in [0.3, 0.4) is 0 Å². The van der Waals surface area contributed by atoms with Gasteiger partial charge in [0, 0.05) is 5.69 Å². The van der Waals surface area contributed by atoms with Crippen molar-refractivity contribution in [3.8, 4) is 11.4 Å². The molecule has 1 heterocycles. The van der Waals surface area contributed by atoms with E-state index in [1.807, 2.05) is 57.2 Å². The number of hydrogen-bond donors (Lipinski definition) is 1. The molecule has 2 aromatic carbocycles. The van der Waals surface area contributed by atoms with Gasteiger partial charge in [0.05, 0.1) is 18.9 Å². The molecule has 3 rings (SSSR count). The summed E-state index contributed by atoms with van der Waals surface area (Å²) in [6.07, 6.45) is 0. The maximum absolute atomic E-state index is 12.9. The molecule has 1 aromatic heterocycles. The van der Waals surface area contributed by atoms with Gasteiger partial charge in [-0.25, -0.2) is 0 Å². The molecule has 0 bridgehead atoms. The molecule has 0 aliphatic rings. The van der Waals surface area contributed by atoms with Gasteiger partial charge in [0.15, 0.2) is 11.4 Å². The van der Waals surface area contributed by atoms with Gasteiger partial charge in [-0.05, 0) is 43.5 Å². The minimum Gasteiger partial charge on any atom is -0.494 e. The normalized spacial score (nSPS) is 10.5. The van der Waals surface area contributed by atoms with Gasteiger partial charge in [0.1, 0.15) is 0 Å². The van der Waals surface area contributed by atoms with Crippen LogP contribution in [0.2, 0.25) is 0 Å². The molecule has 6 heteroatoms. The van der Waals surface area contributed by atoms with Crippen LogP contribution in [0.25, 0.3) is 5.69 Å². The number of anilines is 1. The topological polar surface area (TPSA) is 73.2 Å². The van der Waals surface area contributed by atoms with Crippen LogP contribution in [0.4, 0.5) is 5.69 Å². The third-order valence-corrected chi connectivity index (χ3v) is 4.40. The minimum atomic E-state index is -0.438. The summed E-state index contributed by atoms with van der Waals surface area (Å²) in [7, 11) is 1.41. The lowest BCUT2D eigenvalue weighted by Gasteiger charge is -2.14. The Kier molecular flexibility index (Phi) is 5.07. The predicted molar refractivity (Wildman–Crippen MR) is 105 cm³/mol. The first kappa shape index (κ1) is 18.4. The highest BCUT2D eigenvalue weighted by atomic mass is 16.5. The van der Waals surface area contributed by atoms with Crippen molar-refractivity contribution in [2.75, 3.05) is 12.4 Å². The Morgan fingerprint density at radius 1 is 1.00 bits per heavy atom. The molecule has 1 amide bonds. The number of hydrogen-bond acceptors (Lipinski definition) is 4. The number of amides is 1. The van der Waals surface area contributed by atoms with Gasteiger partial charge in [-0.1, -0.05) is 36.4 Å². The maximum Gasteiger partial charge on any atom is 0.280 e. The van der Waals surface area contributed by atoms with Crippen LogP contribution in [0.5, 0.6) is 5.75 Å². The number of aromatic nitrogens is 2. The van der Waals surface area contributed by atoms with E-state index in [9.17, 15) is 9.59 Å². The Balaban J connectivity index is 2.09. The molecule has 0 radical (unpaired) electrons. The lowest BCUT2D eigenvalue weighted by molar-refractivity contribution is 0.101. The number of aryl methyl sites for hydroxylation is 3. The molecule has 0 spiro atoms. The largest absolute Gasteiger partial charge is 0.494 e. The van der Waals surface area contributed by atoms with E-state index in [0.717, 1.165) is 22.4 Å². The predicted octanol–water partition coefficient (Wildman–Crippen LogP) is 3.42. The smallest absolute Gasteiger partial charge is 0.280 e. The van der Waals surface area contributed by atoms with Crippen molar-refractivity contribution in [2.45, 2.75) is 20.8 Å². The second kappa shape index (κ2) is 7.45. The lowest BCUT2D eigenvalue weighted by Crippen LogP contribution is -2.27. The van der Waals surface area contributed by atoms with Gasteiger partial charge in [-0.15, -0.1) is 0 Å². The highest BCUT2D eigenvalue weighted by molar-refractivity contribution is 6.05. The number of ether oxygens (including phenoxy) is 1. The second-order valence-corrected chi connectivity index (χ2v) is 6.32. The number of nitrogens with zero attached hydrogens (tertiary/aromatic N) is 2. The van der Waals surface area contributed by atoms with E-state index in [4.69, 9.17) is 4.74 Å². The number of methoxy groups -OCH3 is 1. The fourth-order valence-corrected chi connectivity index (χ4v) is 2.91. The molecular formula is C21H21N3O3. The summed E-state index contributed by atoms with van der Waals surface area (Å²) in [4.78, 5) is 25.4. The highest BCUT2D eigenvalue weighted by Gasteiger charge is 2.19. The number of carbonyl (C=O) groups excluding carboxylic acids is 1. The van der Waals surface area contributed by atoms with Crippen LogP contribution in [0.15, 0.2) is 53.3 Å². The summed E-state index contributed by atoms with van der Waals surface area (Å²) >= 11 is 0. The molecule has 27 heavy (non-hydrogen) atoms. The Morgan fingerprint density at radius 2 is 1.63 bits per heavy atom. The molecule has 0 aliphatic heterocycles. The summed E-state index contributed by atoms with van der Waals surface area (Å²) in [5, 5.41) is 7.18. The molecule has 0 unspecified atom stereocenters. The van der Waals surface area contributed by atoms with Crippen LogP contribution in [0, 0.1) is 20.8 Å². The second-order valence-electron chi connectivity index (χ2n) is 6.32. The van der Waals surface area contributed by atoms with Gasteiger partial charge in [0.2, 0.25) is 0 Å². The first-order valence-corrected chi connectivity index (χ1v) is 8.54. The first-order chi connectivity index (χ1) is 12.9. The lowest BCUT2D eigenvalue weighted by atomic mass is 10.1. The maximum atomic E-state index is 12.9. The Bertz CT molecular complexity index is 1050. The molecule has 0 fully saturated rings. The third kappa shape index (κ3) is 3.60. The van der Waals surface area contributed by atoms with E-state index in [2.05, 4.69) is 10.4 Å². The minimum absolute atomic E-state index is 0.0445. The van der Waals surface area contributed by atoms with Crippen molar-refractivity contribution in [1.29, 1.82) is 0 Å². The first-order valence-electron chi connectivity index (χ1n) is 8.54. The standard InChI is InChI=1S/C21H21N3O3/c1-13-8-5-6-11-16(13)24-18(25)12-17(27-4)20(23-24)21(26)22-19-14(2)9-7-10-15(19)3/h5-12H,1-4H3,(H,22,26). The van der Waals surface area contributed by atoms with E-state index in [1.54, 1.807) is 6.07 Å². The fourth-order valence-electron chi connectivity index (χ4n) is 2.91. The molecule has 0 atom stereocenters. The molecule has 6 nitrogen and oxygen atoms in total. The molecule has 0 saturated carbocycles. The van der Waals surface area contributed by atoms with Gasteiger partial charge in [-0.2, -0.15) is 9.78 Å². The number of nitrogens with one attached hydrogen (secondary N) is 1. The number of para-hydroxylation sites is 2. The van der Waals surface area contributed by atoms with E-state index in [1.165, 1.54) is 17.9 Å². The van der Waals surface area contributed by atoms with Gasteiger partial charge in [0.25, 0.3) is 11.5 Å². The van der Waals surface area contributed by atoms with Crippen LogP contribution >= 0.6 is 0 Å². The van der Waals surface area contributed by atoms with E-state index in [0.29, 0.717) is 5.69 Å². The average Bonchev–Trinajstić information content (AvgIpc) is 2.65. The van der Waals surface area contributed by atoms with Gasteiger partial charge < -0.3 is 10.1 Å². The van der Waals surface area contributed by atoms with Gasteiger partial charge >= 0.3 is 0 Å². The van der Waals surface area contributed by atoms with Gasteiger partial charge in [-0.3, -0.25) is 9.59 Å². The van der Waals surface area contributed by atoms with Crippen molar-refractivity contribution in [3.63, 3.8) is 0 Å². The van der Waals surface area contributed by atoms with Crippen molar-refractivity contribution in [3.05, 3.63) is 81.3 Å². The Labute approximate surface area is 157 Å². The summed E-state index contributed by atoms with van der Waals surface area (Å²) in [6.45, 7) is 5.72. The van der Waals surface area contributed by atoms with Crippen molar-refractivity contribution in [2.24, 2.45) is 0 Å². The monoisotopic (exact) mass is 363 g/mol. The Hall–Kier alpha value is -3.41. The summed E-state index contributed by atoms with van der Waals surface area (Å²) < 4.78 is 6.45. The van der Waals surface area contributed by atoms with Crippen LogP contribution < -0.4 is 15.6 Å². The van der Waals surface area contributed by atoms with Crippen LogP contribution in [0.1, 0.15) is 27.2 Å². The molecular weight excluding hydrogens is 342 g/mol. The van der Waals surface area contributed by atoms with Crippen LogP contribution in [-0.2, 0) is 0 Å². The number of carbonyl (C=O) groups is 1. The zero-order valence-electron chi connectivity index (χ0n) is 15.7. The third-order valence-electron chi connectivity index (χ3n) is 4.40. The molecule has 138 valence electrons. The SMILES string of the molecule is COc1cc(=O)n(-c2ccccc2C)nc1C(=O)Nc1c(C)cccc1C. The van der Waals surface area contributed by atoms with E-state index in [-0.39, 0.29) is 17.0 Å². The van der Waals surface area contributed by atoms with Crippen LogP contribution in [-0.4, -0.2) is 22.8 Å². The summed E-state index contributed by atoms with van der Waals surface area (Å²) in [6, 6.07) is 14.4. The molecule has 0 saturated heterocycles. The number of benzene rings is 2. The summed E-state index contributed by atoms with van der Waals surface area (Å²) in [5.74, 6) is -0.305. The highest BCUT2D eigenvalue weighted by Crippen LogP contribution is 2.22. The fraction of sp³-hybridized carbons (Fsp3) is 0.190. The van der Waals surface area contributed by atoms with Crippen molar-refractivity contribution < 1.29 is 9.53 Å². The van der Waals surface area contributed by atoms with Crippen molar-refractivity contribution >= 4 is 11.6 Å². The van der Waals surface area contributed by atoms with Crippen molar-refractivity contribution in [1.82, 2.24) is 9.78 Å². The molecule has 0 aliphatic carbocycles.